The normalized spacial score (nSPS) is 10.2. The van der Waals surface area contributed by atoms with Crippen LogP contribution < -0.4 is 0 Å². The minimum Gasteiger partial charge on any atom is -0.396 e. The number of rotatable bonds is 6. The molecular weight excluding hydrogens is 242 g/mol. The third-order valence-corrected chi connectivity index (χ3v) is 3.27. The molecule has 0 bridgehead atoms. The van der Waals surface area contributed by atoms with Gasteiger partial charge in [-0.25, -0.2) is 0 Å². The second-order valence-corrected chi connectivity index (χ2v) is 4.56. The van der Waals surface area contributed by atoms with Gasteiger partial charge in [-0.2, -0.15) is 0 Å². The van der Waals surface area contributed by atoms with Gasteiger partial charge in [0.05, 0.1) is 4.92 Å². The van der Waals surface area contributed by atoms with Crippen LogP contribution >= 0.6 is 11.8 Å². The fourth-order valence-corrected chi connectivity index (χ4v) is 2.29. The standard InChI is InChI=1S/C11H13NO4S/c1-8(14)10-7-9(12(15)16)3-4-11(10)17-6-2-5-13/h3-4,7,13H,2,5-6H2,1H3. The number of nitro benzene ring substituents is 1. The van der Waals surface area contributed by atoms with Gasteiger partial charge >= 0.3 is 0 Å². The predicted octanol–water partition coefficient (Wildman–Crippen LogP) is 2.27. The van der Waals surface area contributed by atoms with Crippen molar-refractivity contribution in [3.63, 3.8) is 0 Å². The zero-order valence-electron chi connectivity index (χ0n) is 9.38. The highest BCUT2D eigenvalue weighted by atomic mass is 32.2. The van der Waals surface area contributed by atoms with Crippen LogP contribution in [0.25, 0.3) is 0 Å². The molecule has 6 heteroatoms. The number of Topliss-reactive ketones (excluding diaryl/α,β-unsaturated/α-hetero) is 1. The molecule has 0 unspecified atom stereocenters. The molecule has 0 aromatic heterocycles. The van der Waals surface area contributed by atoms with Crippen molar-refractivity contribution in [3.8, 4) is 0 Å². The number of carbonyl (C=O) groups is 1. The van der Waals surface area contributed by atoms with Gasteiger partial charge in [0.25, 0.3) is 5.69 Å². The van der Waals surface area contributed by atoms with Gasteiger partial charge in [-0.1, -0.05) is 0 Å². The smallest absolute Gasteiger partial charge is 0.270 e. The van der Waals surface area contributed by atoms with E-state index in [4.69, 9.17) is 5.11 Å². The maximum Gasteiger partial charge on any atom is 0.270 e. The first-order chi connectivity index (χ1) is 8.06. The van der Waals surface area contributed by atoms with Crippen molar-refractivity contribution in [2.45, 2.75) is 18.2 Å². The minimum absolute atomic E-state index is 0.0818. The maximum atomic E-state index is 11.4. The largest absolute Gasteiger partial charge is 0.396 e. The molecule has 1 rings (SSSR count). The Kier molecular flexibility index (Phi) is 5.11. The van der Waals surface area contributed by atoms with Crippen LogP contribution in [0.4, 0.5) is 5.69 Å². The summed E-state index contributed by atoms with van der Waals surface area (Å²) < 4.78 is 0. The van der Waals surface area contributed by atoms with E-state index in [1.807, 2.05) is 0 Å². The van der Waals surface area contributed by atoms with E-state index in [9.17, 15) is 14.9 Å². The average molecular weight is 255 g/mol. The highest BCUT2D eigenvalue weighted by Gasteiger charge is 2.13. The average Bonchev–Trinajstić information content (AvgIpc) is 2.29. The molecule has 1 N–H and O–H groups in total. The zero-order chi connectivity index (χ0) is 12.8. The number of nitro groups is 1. The van der Waals surface area contributed by atoms with Crippen molar-refractivity contribution >= 4 is 23.2 Å². The summed E-state index contributed by atoms with van der Waals surface area (Å²) in [6.07, 6.45) is 0.624. The molecule has 0 saturated carbocycles. The molecule has 0 heterocycles. The Bertz CT molecular complexity index is 433. The van der Waals surface area contributed by atoms with Crippen LogP contribution in [0.3, 0.4) is 0 Å². The van der Waals surface area contributed by atoms with Crippen LogP contribution in [0.1, 0.15) is 23.7 Å². The number of benzene rings is 1. The highest BCUT2D eigenvalue weighted by molar-refractivity contribution is 7.99. The van der Waals surface area contributed by atoms with Gasteiger partial charge in [0.1, 0.15) is 0 Å². The summed E-state index contributed by atoms with van der Waals surface area (Å²) in [5.74, 6) is 0.481. The Morgan fingerprint density at radius 3 is 2.76 bits per heavy atom. The number of hydrogen-bond acceptors (Lipinski definition) is 5. The SMILES string of the molecule is CC(=O)c1cc([N+](=O)[O-])ccc1SCCCO. The Balaban J connectivity index is 2.96. The molecule has 0 fully saturated rings. The zero-order valence-corrected chi connectivity index (χ0v) is 10.2. The molecule has 0 atom stereocenters. The van der Waals surface area contributed by atoms with Crippen molar-refractivity contribution in [2.75, 3.05) is 12.4 Å². The van der Waals surface area contributed by atoms with Gasteiger partial charge < -0.3 is 5.11 Å². The Hall–Kier alpha value is -1.40. The predicted molar refractivity (Wildman–Crippen MR) is 65.5 cm³/mol. The van der Waals surface area contributed by atoms with Crippen molar-refractivity contribution in [3.05, 3.63) is 33.9 Å². The lowest BCUT2D eigenvalue weighted by Crippen LogP contribution is -1.98. The second kappa shape index (κ2) is 6.36. The molecule has 5 nitrogen and oxygen atoms in total. The number of aliphatic hydroxyl groups is 1. The van der Waals surface area contributed by atoms with Crippen molar-refractivity contribution in [1.29, 1.82) is 0 Å². The molecule has 0 aliphatic rings. The number of ketones is 1. The number of non-ortho nitro benzene ring substituents is 1. The monoisotopic (exact) mass is 255 g/mol. The summed E-state index contributed by atoms with van der Waals surface area (Å²) in [7, 11) is 0. The van der Waals surface area contributed by atoms with Crippen LogP contribution in [-0.2, 0) is 0 Å². The molecule has 0 saturated heterocycles. The van der Waals surface area contributed by atoms with Gasteiger partial charge in [-0.05, 0) is 19.4 Å². The van der Waals surface area contributed by atoms with Crippen molar-refractivity contribution < 1.29 is 14.8 Å². The summed E-state index contributed by atoms with van der Waals surface area (Å²) >= 11 is 1.42. The number of aliphatic hydroxyl groups excluding tert-OH is 1. The lowest BCUT2D eigenvalue weighted by Gasteiger charge is -2.05. The van der Waals surface area contributed by atoms with E-state index in [1.165, 1.54) is 30.8 Å². The van der Waals surface area contributed by atoms with Gasteiger partial charge in [0.15, 0.2) is 5.78 Å². The van der Waals surface area contributed by atoms with E-state index < -0.39 is 4.92 Å². The third kappa shape index (κ3) is 3.83. The number of thioether (sulfide) groups is 1. The first-order valence-corrected chi connectivity index (χ1v) is 6.08. The molecule has 92 valence electrons. The number of nitrogens with zero attached hydrogens (tertiary/aromatic N) is 1. The van der Waals surface area contributed by atoms with E-state index in [0.29, 0.717) is 17.7 Å². The Morgan fingerprint density at radius 1 is 1.53 bits per heavy atom. The van der Waals surface area contributed by atoms with E-state index in [2.05, 4.69) is 0 Å². The van der Waals surface area contributed by atoms with E-state index >= 15 is 0 Å². The summed E-state index contributed by atoms with van der Waals surface area (Å²) in [6, 6.07) is 4.26. The maximum absolute atomic E-state index is 11.4. The Morgan fingerprint density at radius 2 is 2.24 bits per heavy atom. The first kappa shape index (κ1) is 13.7. The van der Waals surface area contributed by atoms with Crippen LogP contribution in [0, 0.1) is 10.1 Å². The summed E-state index contributed by atoms with van der Waals surface area (Å²) in [4.78, 5) is 22.2. The lowest BCUT2D eigenvalue weighted by atomic mass is 10.1. The second-order valence-electron chi connectivity index (χ2n) is 3.42. The fourth-order valence-electron chi connectivity index (χ4n) is 1.28. The summed E-state index contributed by atoms with van der Waals surface area (Å²) in [6.45, 7) is 1.48. The molecule has 0 spiro atoms. The number of hydrogen-bond donors (Lipinski definition) is 1. The first-order valence-electron chi connectivity index (χ1n) is 5.09. The summed E-state index contributed by atoms with van der Waals surface area (Å²) in [5.41, 5.74) is 0.281. The van der Waals surface area contributed by atoms with Crippen LogP contribution in [-0.4, -0.2) is 28.2 Å². The molecule has 0 radical (unpaired) electrons. The quantitative estimate of drug-likeness (QED) is 0.277. The van der Waals surface area contributed by atoms with Crippen molar-refractivity contribution in [2.24, 2.45) is 0 Å². The molecule has 1 aromatic rings. The van der Waals surface area contributed by atoms with Gasteiger partial charge in [-0.3, -0.25) is 14.9 Å². The van der Waals surface area contributed by atoms with E-state index in [-0.39, 0.29) is 18.1 Å². The topological polar surface area (TPSA) is 80.4 Å². The molecule has 0 aliphatic carbocycles. The van der Waals surface area contributed by atoms with Crippen LogP contribution in [0.2, 0.25) is 0 Å². The molecule has 0 amide bonds. The molecule has 17 heavy (non-hydrogen) atoms. The van der Waals surface area contributed by atoms with E-state index in [0.717, 1.165) is 4.90 Å². The van der Waals surface area contributed by atoms with Gasteiger partial charge in [-0.15, -0.1) is 11.8 Å². The van der Waals surface area contributed by atoms with Gasteiger partial charge in [0, 0.05) is 35.0 Å². The van der Waals surface area contributed by atoms with Gasteiger partial charge in [0.2, 0.25) is 0 Å². The minimum atomic E-state index is -0.519. The fraction of sp³-hybridized carbons (Fsp3) is 0.364. The van der Waals surface area contributed by atoms with Crippen molar-refractivity contribution in [1.82, 2.24) is 0 Å². The molecule has 0 aliphatic heterocycles. The Labute approximate surface area is 103 Å². The van der Waals surface area contributed by atoms with Crippen LogP contribution in [0.15, 0.2) is 23.1 Å². The summed E-state index contributed by atoms with van der Waals surface area (Å²) in [5, 5.41) is 19.3. The highest BCUT2D eigenvalue weighted by Crippen LogP contribution is 2.27. The van der Waals surface area contributed by atoms with Crippen LogP contribution in [0.5, 0.6) is 0 Å². The molecule has 1 aromatic carbocycles. The third-order valence-electron chi connectivity index (χ3n) is 2.11. The van der Waals surface area contributed by atoms with E-state index in [1.54, 1.807) is 6.07 Å². The number of carbonyl (C=O) groups excluding carboxylic acids is 1. The molecular formula is C11H13NO4S. The lowest BCUT2D eigenvalue weighted by molar-refractivity contribution is -0.384.